The van der Waals surface area contributed by atoms with Gasteiger partial charge in [0.2, 0.25) is 5.91 Å². The van der Waals surface area contributed by atoms with Gasteiger partial charge in [0.05, 0.1) is 20.0 Å². The van der Waals surface area contributed by atoms with Gasteiger partial charge in [-0.1, -0.05) is 0 Å². The van der Waals surface area contributed by atoms with Crippen LogP contribution in [-0.4, -0.2) is 46.0 Å². The Balaban J connectivity index is 2.46. The number of methoxy groups -OCH3 is 2. The fourth-order valence-corrected chi connectivity index (χ4v) is 2.88. The van der Waals surface area contributed by atoms with E-state index in [9.17, 15) is 18.0 Å². The monoisotopic (exact) mass is 329 g/mol. The van der Waals surface area contributed by atoms with Crippen LogP contribution in [-0.2, 0) is 24.2 Å². The highest BCUT2D eigenvalue weighted by Gasteiger charge is 2.17. The summed E-state index contributed by atoms with van der Waals surface area (Å²) < 4.78 is 32.9. The second-order valence-corrected chi connectivity index (χ2v) is 6.73. The first kappa shape index (κ1) is 18.0. The molecule has 0 aromatic heterocycles. The molecule has 0 spiro atoms. The van der Waals surface area contributed by atoms with Gasteiger partial charge in [-0.2, -0.15) is 0 Å². The number of hydrogen-bond acceptors (Lipinski definition) is 6. The first-order valence-electron chi connectivity index (χ1n) is 6.57. The number of nitrogens with one attached hydrogen (secondary N) is 1. The maximum absolute atomic E-state index is 11.8. The van der Waals surface area contributed by atoms with E-state index in [1.807, 2.05) is 0 Å². The molecule has 122 valence electrons. The van der Waals surface area contributed by atoms with Gasteiger partial charge in [-0.15, -0.1) is 0 Å². The maximum Gasteiger partial charge on any atom is 0.305 e. The number of anilines is 1. The molecule has 1 N–H and O–H groups in total. The molecular weight excluding hydrogens is 310 g/mol. The standard InChI is InChI=1S/C14H19NO6S/c1-20-12-7-5-11(6-8-12)15-13(16)10-22(18,19)9-3-4-14(17)21-2/h5-8H,3-4,9-10H2,1-2H3,(H,15,16). The number of benzene rings is 1. The molecule has 22 heavy (non-hydrogen) atoms. The van der Waals surface area contributed by atoms with Crippen LogP contribution in [0.2, 0.25) is 0 Å². The predicted octanol–water partition coefficient (Wildman–Crippen LogP) is 1.00. The van der Waals surface area contributed by atoms with E-state index in [1.165, 1.54) is 14.2 Å². The fourth-order valence-electron chi connectivity index (χ4n) is 1.68. The highest BCUT2D eigenvalue weighted by molar-refractivity contribution is 7.92. The molecule has 1 rings (SSSR count). The van der Waals surface area contributed by atoms with E-state index in [2.05, 4.69) is 10.1 Å². The molecule has 8 heteroatoms. The van der Waals surface area contributed by atoms with Crippen molar-refractivity contribution in [3.05, 3.63) is 24.3 Å². The normalized spacial score (nSPS) is 10.8. The van der Waals surface area contributed by atoms with E-state index in [0.717, 1.165) is 0 Å². The predicted molar refractivity (Wildman–Crippen MR) is 81.5 cm³/mol. The number of rotatable bonds is 8. The van der Waals surface area contributed by atoms with Crippen LogP contribution >= 0.6 is 0 Å². The maximum atomic E-state index is 11.8. The topological polar surface area (TPSA) is 98.8 Å². The lowest BCUT2D eigenvalue weighted by atomic mass is 10.3. The summed E-state index contributed by atoms with van der Waals surface area (Å²) in [6.45, 7) is 0. The van der Waals surface area contributed by atoms with Crippen molar-refractivity contribution in [2.24, 2.45) is 0 Å². The molecule has 0 saturated carbocycles. The Hall–Kier alpha value is -2.09. The Labute approximate surface area is 129 Å². The summed E-state index contributed by atoms with van der Waals surface area (Å²) in [5, 5.41) is 2.49. The van der Waals surface area contributed by atoms with Crippen molar-refractivity contribution in [3.8, 4) is 5.75 Å². The number of amides is 1. The molecule has 0 bridgehead atoms. The van der Waals surface area contributed by atoms with E-state index in [4.69, 9.17) is 4.74 Å². The second-order valence-electron chi connectivity index (χ2n) is 4.55. The summed E-state index contributed by atoms with van der Waals surface area (Å²) in [5.41, 5.74) is 0.482. The zero-order chi connectivity index (χ0) is 16.6. The van der Waals surface area contributed by atoms with Gasteiger partial charge in [-0.25, -0.2) is 8.42 Å². The van der Waals surface area contributed by atoms with Crippen molar-refractivity contribution in [1.82, 2.24) is 0 Å². The number of carbonyl (C=O) groups is 2. The van der Waals surface area contributed by atoms with Crippen molar-refractivity contribution >= 4 is 27.4 Å². The Morgan fingerprint density at radius 1 is 1.14 bits per heavy atom. The third-order valence-corrected chi connectivity index (χ3v) is 4.40. The van der Waals surface area contributed by atoms with E-state index in [0.29, 0.717) is 11.4 Å². The van der Waals surface area contributed by atoms with Crippen LogP contribution in [0, 0.1) is 0 Å². The van der Waals surface area contributed by atoms with Gasteiger partial charge in [0.25, 0.3) is 0 Å². The van der Waals surface area contributed by atoms with Gasteiger partial charge in [-0.05, 0) is 30.7 Å². The van der Waals surface area contributed by atoms with Crippen LogP contribution < -0.4 is 10.1 Å². The van der Waals surface area contributed by atoms with Gasteiger partial charge in [-0.3, -0.25) is 9.59 Å². The van der Waals surface area contributed by atoms with Crippen molar-refractivity contribution in [1.29, 1.82) is 0 Å². The summed E-state index contributed by atoms with van der Waals surface area (Å²) in [4.78, 5) is 22.6. The number of carbonyl (C=O) groups excluding carboxylic acids is 2. The minimum atomic E-state index is -3.56. The zero-order valence-electron chi connectivity index (χ0n) is 12.5. The molecule has 1 aromatic carbocycles. The summed E-state index contributed by atoms with van der Waals surface area (Å²) in [6.07, 6.45) is 0.140. The highest BCUT2D eigenvalue weighted by Crippen LogP contribution is 2.15. The minimum Gasteiger partial charge on any atom is -0.497 e. The van der Waals surface area contributed by atoms with Crippen LogP contribution in [0.5, 0.6) is 5.75 Å². The smallest absolute Gasteiger partial charge is 0.305 e. The average molecular weight is 329 g/mol. The van der Waals surface area contributed by atoms with Crippen molar-refractivity contribution in [3.63, 3.8) is 0 Å². The summed E-state index contributed by atoms with van der Waals surface area (Å²) in [7, 11) is -0.805. The Bertz CT molecular complexity index is 609. The van der Waals surface area contributed by atoms with Gasteiger partial charge in [0, 0.05) is 12.1 Å². The van der Waals surface area contributed by atoms with Gasteiger partial charge in [0.15, 0.2) is 9.84 Å². The molecule has 0 unspecified atom stereocenters. The highest BCUT2D eigenvalue weighted by atomic mass is 32.2. The number of ether oxygens (including phenoxy) is 2. The SMILES string of the molecule is COC(=O)CCCS(=O)(=O)CC(=O)Nc1ccc(OC)cc1. The summed E-state index contributed by atoms with van der Waals surface area (Å²) in [6, 6.07) is 6.53. The van der Waals surface area contributed by atoms with Gasteiger partial charge >= 0.3 is 5.97 Å². The second kappa shape index (κ2) is 8.38. The molecule has 0 saturated heterocycles. The summed E-state index contributed by atoms with van der Waals surface area (Å²) in [5.74, 6) is -1.33. The van der Waals surface area contributed by atoms with Crippen LogP contribution in [0.3, 0.4) is 0 Å². The van der Waals surface area contributed by atoms with Gasteiger partial charge < -0.3 is 14.8 Å². The van der Waals surface area contributed by atoms with Crippen LogP contribution in [0.1, 0.15) is 12.8 Å². The number of hydrogen-bond donors (Lipinski definition) is 1. The molecular formula is C14H19NO6S. The van der Waals surface area contributed by atoms with Crippen LogP contribution in [0.4, 0.5) is 5.69 Å². The molecule has 0 atom stereocenters. The Kier molecular flexibility index (Phi) is 6.84. The average Bonchev–Trinajstić information content (AvgIpc) is 2.46. The zero-order valence-corrected chi connectivity index (χ0v) is 13.3. The van der Waals surface area contributed by atoms with Gasteiger partial charge in [0.1, 0.15) is 11.5 Å². The molecule has 0 radical (unpaired) electrons. The third-order valence-electron chi connectivity index (χ3n) is 2.79. The molecule has 7 nitrogen and oxygen atoms in total. The Morgan fingerprint density at radius 3 is 2.32 bits per heavy atom. The van der Waals surface area contributed by atoms with E-state index >= 15 is 0 Å². The molecule has 0 aliphatic heterocycles. The quantitative estimate of drug-likeness (QED) is 0.714. The Morgan fingerprint density at radius 2 is 1.77 bits per heavy atom. The lowest BCUT2D eigenvalue weighted by molar-refractivity contribution is -0.140. The molecule has 1 aromatic rings. The van der Waals surface area contributed by atoms with Crippen molar-refractivity contribution in [2.45, 2.75) is 12.8 Å². The first-order chi connectivity index (χ1) is 10.4. The fraction of sp³-hybridized carbons (Fsp3) is 0.429. The van der Waals surface area contributed by atoms with Crippen LogP contribution in [0.15, 0.2) is 24.3 Å². The number of sulfone groups is 1. The van der Waals surface area contributed by atoms with Crippen molar-refractivity contribution in [2.75, 3.05) is 31.0 Å². The number of esters is 1. The minimum absolute atomic E-state index is 0.00975. The lowest BCUT2D eigenvalue weighted by Gasteiger charge is -2.07. The van der Waals surface area contributed by atoms with E-state index in [1.54, 1.807) is 24.3 Å². The van der Waals surface area contributed by atoms with Crippen molar-refractivity contribution < 1.29 is 27.5 Å². The molecule has 1 amide bonds. The molecule has 0 aliphatic carbocycles. The first-order valence-corrected chi connectivity index (χ1v) is 8.39. The van der Waals surface area contributed by atoms with Crippen LogP contribution in [0.25, 0.3) is 0 Å². The molecule has 0 fully saturated rings. The van der Waals surface area contributed by atoms with E-state index in [-0.39, 0.29) is 18.6 Å². The lowest BCUT2D eigenvalue weighted by Crippen LogP contribution is -2.25. The largest absolute Gasteiger partial charge is 0.497 e. The third kappa shape index (κ3) is 6.57. The summed E-state index contributed by atoms with van der Waals surface area (Å²) >= 11 is 0. The van der Waals surface area contributed by atoms with E-state index < -0.39 is 27.5 Å². The molecule has 0 aliphatic rings. The molecule has 0 heterocycles.